The molecule has 2 heteroatoms. The molecule has 34 heavy (non-hydrogen) atoms. The van der Waals surface area contributed by atoms with Gasteiger partial charge < -0.3 is 9.47 Å². The zero-order valence-corrected chi connectivity index (χ0v) is 23.7. The number of unbranched alkanes of at least 4 members (excludes halogenated alkanes) is 1. The van der Waals surface area contributed by atoms with E-state index in [4.69, 9.17) is 9.47 Å². The largest absolute Gasteiger partial charge is 0.494 e. The Labute approximate surface area is 210 Å². The van der Waals surface area contributed by atoms with Crippen LogP contribution in [0.25, 0.3) is 0 Å². The van der Waals surface area contributed by atoms with E-state index in [9.17, 15) is 0 Å². The fourth-order valence-electron chi connectivity index (χ4n) is 5.44. The van der Waals surface area contributed by atoms with Crippen LogP contribution >= 0.6 is 0 Å². The van der Waals surface area contributed by atoms with Gasteiger partial charge in [-0.25, -0.2) is 0 Å². The molecule has 0 aromatic heterocycles. The van der Waals surface area contributed by atoms with Crippen molar-refractivity contribution in [1.29, 1.82) is 0 Å². The van der Waals surface area contributed by atoms with Gasteiger partial charge in [-0.2, -0.15) is 0 Å². The Balaban J connectivity index is 1.72. The lowest BCUT2D eigenvalue weighted by Gasteiger charge is -2.33. The van der Waals surface area contributed by atoms with Crippen molar-refractivity contribution in [1.82, 2.24) is 0 Å². The van der Waals surface area contributed by atoms with Gasteiger partial charge in [-0.3, -0.25) is 0 Å². The fourth-order valence-corrected chi connectivity index (χ4v) is 5.44. The van der Waals surface area contributed by atoms with Crippen LogP contribution in [0.2, 0.25) is 0 Å². The van der Waals surface area contributed by atoms with Crippen LogP contribution < -0.4 is 9.47 Å². The van der Waals surface area contributed by atoms with Crippen molar-refractivity contribution in [2.45, 2.75) is 106 Å². The van der Waals surface area contributed by atoms with Crippen molar-refractivity contribution in [2.24, 2.45) is 10.8 Å². The van der Waals surface area contributed by atoms with Gasteiger partial charge in [0.25, 0.3) is 0 Å². The van der Waals surface area contributed by atoms with Crippen molar-refractivity contribution >= 4 is 0 Å². The standard InChI is InChI=1S/C32H50O2/c1-29(2,3)23-31(7,8)25-13-17-27(18-14-25)33-21-11-12-22-34-28-19-15-26(16-20-28)32(9,10)24-30(4,5)6/h13-20H,11-12,21-24H2,1-10H3. The van der Waals surface area contributed by atoms with Gasteiger partial charge in [-0.05, 0) is 82.7 Å². The van der Waals surface area contributed by atoms with Gasteiger partial charge in [0.15, 0.2) is 0 Å². The van der Waals surface area contributed by atoms with Crippen molar-refractivity contribution in [3.05, 3.63) is 59.7 Å². The van der Waals surface area contributed by atoms with Crippen molar-refractivity contribution < 1.29 is 9.47 Å². The third kappa shape index (κ3) is 9.72. The van der Waals surface area contributed by atoms with Gasteiger partial charge in [0.2, 0.25) is 0 Å². The van der Waals surface area contributed by atoms with Crippen LogP contribution in [0.5, 0.6) is 11.5 Å². The highest BCUT2D eigenvalue weighted by molar-refractivity contribution is 5.32. The Morgan fingerprint density at radius 3 is 1.03 bits per heavy atom. The lowest BCUT2D eigenvalue weighted by Crippen LogP contribution is -2.24. The molecular formula is C32H50O2. The van der Waals surface area contributed by atoms with Crippen LogP contribution in [-0.4, -0.2) is 13.2 Å². The van der Waals surface area contributed by atoms with Crippen LogP contribution in [0.15, 0.2) is 48.5 Å². The van der Waals surface area contributed by atoms with E-state index in [2.05, 4.69) is 118 Å². The summed E-state index contributed by atoms with van der Waals surface area (Å²) < 4.78 is 11.9. The van der Waals surface area contributed by atoms with E-state index in [1.54, 1.807) is 0 Å². The minimum atomic E-state index is 0.161. The summed E-state index contributed by atoms with van der Waals surface area (Å²) in [4.78, 5) is 0. The molecule has 2 nitrogen and oxygen atoms in total. The first kappa shape index (κ1) is 28.3. The Morgan fingerprint density at radius 1 is 0.471 bits per heavy atom. The van der Waals surface area contributed by atoms with Crippen molar-refractivity contribution in [3.8, 4) is 11.5 Å². The van der Waals surface area contributed by atoms with E-state index in [1.165, 1.54) is 11.1 Å². The van der Waals surface area contributed by atoms with E-state index in [0.717, 1.165) is 37.2 Å². The van der Waals surface area contributed by atoms with Gasteiger partial charge in [-0.15, -0.1) is 0 Å². The van der Waals surface area contributed by atoms with Gasteiger partial charge in [0.1, 0.15) is 11.5 Å². The van der Waals surface area contributed by atoms with E-state index < -0.39 is 0 Å². The topological polar surface area (TPSA) is 18.5 Å². The lowest BCUT2D eigenvalue weighted by atomic mass is 9.72. The molecule has 0 N–H and O–H groups in total. The molecule has 190 valence electrons. The molecule has 0 atom stereocenters. The molecule has 0 bridgehead atoms. The molecule has 0 amide bonds. The zero-order chi connectivity index (χ0) is 25.6. The predicted octanol–water partition coefficient (Wildman–Crippen LogP) is 9.35. The molecule has 2 aromatic carbocycles. The first-order valence-corrected chi connectivity index (χ1v) is 13.0. The molecule has 0 fully saturated rings. The number of rotatable bonds is 11. The summed E-state index contributed by atoms with van der Waals surface area (Å²) in [6, 6.07) is 17.3. The SMILES string of the molecule is CC(C)(C)CC(C)(C)c1ccc(OCCCCOc2ccc(C(C)(C)CC(C)(C)C)cc2)cc1. The number of hydrogen-bond acceptors (Lipinski definition) is 2. The summed E-state index contributed by atoms with van der Waals surface area (Å²) in [7, 11) is 0. The average molecular weight is 467 g/mol. The quantitative estimate of drug-likeness (QED) is 0.307. The second-order valence-corrected chi connectivity index (χ2v) is 13.7. The number of hydrogen-bond donors (Lipinski definition) is 0. The molecule has 0 unspecified atom stereocenters. The van der Waals surface area contributed by atoms with E-state index >= 15 is 0 Å². The molecule has 0 radical (unpaired) electrons. The summed E-state index contributed by atoms with van der Waals surface area (Å²) in [5, 5.41) is 0. The molecule has 2 rings (SSSR count). The Hall–Kier alpha value is -1.96. The highest BCUT2D eigenvalue weighted by Crippen LogP contribution is 2.37. The van der Waals surface area contributed by atoms with E-state index in [0.29, 0.717) is 24.0 Å². The lowest BCUT2D eigenvalue weighted by molar-refractivity contribution is 0.265. The van der Waals surface area contributed by atoms with Gasteiger partial charge in [0.05, 0.1) is 13.2 Å². The third-order valence-corrected chi connectivity index (χ3v) is 6.29. The monoisotopic (exact) mass is 466 g/mol. The molecule has 0 heterocycles. The molecule has 0 aliphatic heterocycles. The average Bonchev–Trinajstić information content (AvgIpc) is 2.68. The first-order chi connectivity index (χ1) is 15.6. The second kappa shape index (κ2) is 11.2. The van der Waals surface area contributed by atoms with Crippen LogP contribution in [0, 0.1) is 10.8 Å². The van der Waals surface area contributed by atoms with Gasteiger partial charge in [-0.1, -0.05) is 93.5 Å². The molecule has 0 spiro atoms. The molecule has 0 saturated carbocycles. The van der Waals surface area contributed by atoms with Crippen LogP contribution in [-0.2, 0) is 10.8 Å². The summed E-state index contributed by atoms with van der Waals surface area (Å²) in [6.07, 6.45) is 4.26. The molecule has 0 aliphatic rings. The van der Waals surface area contributed by atoms with Gasteiger partial charge >= 0.3 is 0 Å². The smallest absolute Gasteiger partial charge is 0.119 e. The van der Waals surface area contributed by atoms with Crippen LogP contribution in [0.3, 0.4) is 0 Å². The summed E-state index contributed by atoms with van der Waals surface area (Å²) in [5.41, 5.74) is 3.69. The molecule has 0 aliphatic carbocycles. The van der Waals surface area contributed by atoms with E-state index in [1.807, 2.05) is 0 Å². The Kier molecular flexibility index (Phi) is 9.30. The van der Waals surface area contributed by atoms with E-state index in [-0.39, 0.29) is 10.8 Å². The minimum Gasteiger partial charge on any atom is -0.494 e. The Morgan fingerprint density at radius 2 is 0.765 bits per heavy atom. The zero-order valence-electron chi connectivity index (χ0n) is 23.7. The minimum absolute atomic E-state index is 0.161. The molecule has 2 aromatic rings. The molecule has 0 saturated heterocycles. The summed E-state index contributed by atoms with van der Waals surface area (Å²) in [5.74, 6) is 1.90. The van der Waals surface area contributed by atoms with Crippen LogP contribution in [0.4, 0.5) is 0 Å². The predicted molar refractivity (Wildman–Crippen MR) is 147 cm³/mol. The van der Waals surface area contributed by atoms with Crippen molar-refractivity contribution in [3.63, 3.8) is 0 Å². The maximum absolute atomic E-state index is 5.96. The summed E-state index contributed by atoms with van der Waals surface area (Å²) in [6.45, 7) is 24.6. The fraction of sp³-hybridized carbons (Fsp3) is 0.625. The number of ether oxygens (including phenoxy) is 2. The Bertz CT molecular complexity index is 784. The maximum Gasteiger partial charge on any atom is 0.119 e. The summed E-state index contributed by atoms with van der Waals surface area (Å²) >= 11 is 0. The molecular weight excluding hydrogens is 416 g/mol. The van der Waals surface area contributed by atoms with Crippen LogP contribution in [0.1, 0.15) is 106 Å². The highest BCUT2D eigenvalue weighted by Gasteiger charge is 2.28. The first-order valence-electron chi connectivity index (χ1n) is 13.0. The number of benzene rings is 2. The third-order valence-electron chi connectivity index (χ3n) is 6.29. The highest BCUT2D eigenvalue weighted by atomic mass is 16.5. The normalized spacial score (nSPS) is 13.1. The second-order valence-electron chi connectivity index (χ2n) is 13.7. The maximum atomic E-state index is 5.96. The van der Waals surface area contributed by atoms with Crippen molar-refractivity contribution in [2.75, 3.05) is 13.2 Å². The van der Waals surface area contributed by atoms with Gasteiger partial charge in [0, 0.05) is 0 Å².